The zero-order valence-corrected chi connectivity index (χ0v) is 17.5. The minimum absolute atomic E-state index is 0.134. The zero-order valence-electron chi connectivity index (χ0n) is 17.5. The number of para-hydroxylation sites is 1. The van der Waals surface area contributed by atoms with Gasteiger partial charge in [-0.1, -0.05) is 36.4 Å². The van der Waals surface area contributed by atoms with Crippen LogP contribution in [-0.4, -0.2) is 31.5 Å². The van der Waals surface area contributed by atoms with E-state index in [0.717, 1.165) is 11.1 Å². The molecule has 4 aromatic rings. The van der Waals surface area contributed by atoms with Crippen LogP contribution in [0.1, 0.15) is 31.4 Å². The molecule has 0 amide bonds. The maximum atomic E-state index is 13.3. The number of ether oxygens (including phenoxy) is 1. The highest BCUT2D eigenvalue weighted by Gasteiger charge is 2.17. The molecule has 30 heavy (non-hydrogen) atoms. The number of hydrogen-bond donors (Lipinski definition) is 0. The van der Waals surface area contributed by atoms with Gasteiger partial charge in [-0.15, -0.1) is 5.10 Å². The third kappa shape index (κ3) is 3.68. The van der Waals surface area contributed by atoms with Crippen LogP contribution >= 0.6 is 0 Å². The number of rotatable bonds is 7. The third-order valence-corrected chi connectivity index (χ3v) is 5.24. The lowest BCUT2D eigenvalue weighted by Crippen LogP contribution is -2.27. The molecule has 7 nitrogen and oxygen atoms in total. The summed E-state index contributed by atoms with van der Waals surface area (Å²) in [5.74, 6) is 0.363. The summed E-state index contributed by atoms with van der Waals surface area (Å²) in [5, 5.41) is 5.07. The van der Waals surface area contributed by atoms with Crippen LogP contribution in [0, 0.1) is 6.92 Å². The van der Waals surface area contributed by atoms with Crippen LogP contribution in [0.15, 0.2) is 58.1 Å². The Bertz CT molecular complexity index is 1310. The van der Waals surface area contributed by atoms with Crippen molar-refractivity contribution in [1.29, 1.82) is 0 Å². The standard InChI is InChI=1S/C23H26N4O3/c1-16(2)30-14-8-13-25-21(28)19-11-6-7-12-20(19)27-22(25)24-26(23(27)29)15-18-10-5-4-9-17(18)3/h4-7,9-12,16H,8,13-15H2,1-3H3. The van der Waals surface area contributed by atoms with Crippen molar-refractivity contribution in [2.45, 2.75) is 46.4 Å². The quantitative estimate of drug-likeness (QED) is 0.443. The summed E-state index contributed by atoms with van der Waals surface area (Å²) in [6.07, 6.45) is 0.791. The summed E-state index contributed by atoms with van der Waals surface area (Å²) in [6, 6.07) is 15.1. The van der Waals surface area contributed by atoms with Gasteiger partial charge >= 0.3 is 5.69 Å². The molecular weight excluding hydrogens is 380 g/mol. The lowest BCUT2D eigenvalue weighted by molar-refractivity contribution is 0.0748. The minimum Gasteiger partial charge on any atom is -0.379 e. The fourth-order valence-electron chi connectivity index (χ4n) is 3.66. The van der Waals surface area contributed by atoms with Crippen LogP contribution in [0.2, 0.25) is 0 Å². The van der Waals surface area contributed by atoms with E-state index in [2.05, 4.69) is 5.10 Å². The van der Waals surface area contributed by atoms with Crippen molar-refractivity contribution in [3.05, 3.63) is 80.5 Å². The van der Waals surface area contributed by atoms with E-state index >= 15 is 0 Å². The van der Waals surface area contributed by atoms with Gasteiger partial charge in [0.2, 0.25) is 5.78 Å². The highest BCUT2D eigenvalue weighted by molar-refractivity contribution is 5.79. The molecule has 4 rings (SSSR count). The first-order valence-corrected chi connectivity index (χ1v) is 10.2. The number of nitrogens with zero attached hydrogens (tertiary/aromatic N) is 4. The molecule has 2 heterocycles. The van der Waals surface area contributed by atoms with Gasteiger partial charge in [0.15, 0.2) is 0 Å². The van der Waals surface area contributed by atoms with Gasteiger partial charge in [0.1, 0.15) is 0 Å². The normalized spacial score (nSPS) is 11.7. The first-order chi connectivity index (χ1) is 14.5. The van der Waals surface area contributed by atoms with E-state index < -0.39 is 0 Å². The molecule has 0 aliphatic carbocycles. The lowest BCUT2D eigenvalue weighted by atomic mass is 10.1. The summed E-state index contributed by atoms with van der Waals surface area (Å²) in [6.45, 7) is 7.29. The van der Waals surface area contributed by atoms with Gasteiger partial charge in [0.05, 0.1) is 23.6 Å². The summed E-state index contributed by atoms with van der Waals surface area (Å²) in [5.41, 5.74) is 2.29. The predicted octanol–water partition coefficient (Wildman–Crippen LogP) is 2.98. The molecule has 0 atom stereocenters. The van der Waals surface area contributed by atoms with Gasteiger partial charge in [0, 0.05) is 13.2 Å². The third-order valence-electron chi connectivity index (χ3n) is 5.24. The van der Waals surface area contributed by atoms with Crippen LogP contribution in [0.4, 0.5) is 0 Å². The van der Waals surface area contributed by atoms with Crippen molar-refractivity contribution < 1.29 is 4.74 Å². The second-order valence-electron chi connectivity index (χ2n) is 7.75. The number of fused-ring (bicyclic) bond motifs is 3. The van der Waals surface area contributed by atoms with Gasteiger partial charge in [-0.05, 0) is 50.5 Å². The molecule has 0 unspecified atom stereocenters. The Morgan fingerprint density at radius 2 is 1.77 bits per heavy atom. The van der Waals surface area contributed by atoms with Gasteiger partial charge in [-0.2, -0.15) is 0 Å². The molecule has 7 heteroatoms. The monoisotopic (exact) mass is 406 g/mol. The Balaban J connectivity index is 1.85. The Kier molecular flexibility index (Phi) is 5.55. The van der Waals surface area contributed by atoms with Gasteiger partial charge in [-0.25, -0.2) is 13.9 Å². The molecular formula is C23H26N4O3. The van der Waals surface area contributed by atoms with Crippen LogP contribution in [0.3, 0.4) is 0 Å². The van der Waals surface area contributed by atoms with Crippen molar-refractivity contribution >= 4 is 16.7 Å². The Labute approximate surface area is 174 Å². The molecule has 0 saturated carbocycles. The highest BCUT2D eigenvalue weighted by Crippen LogP contribution is 2.13. The molecule has 0 spiro atoms. The average molecular weight is 406 g/mol. The number of hydrogen-bond acceptors (Lipinski definition) is 4. The van der Waals surface area contributed by atoms with E-state index in [1.54, 1.807) is 16.7 Å². The molecule has 0 bridgehead atoms. The Morgan fingerprint density at radius 3 is 2.53 bits per heavy atom. The maximum absolute atomic E-state index is 13.3. The van der Waals surface area contributed by atoms with Crippen molar-refractivity contribution in [2.24, 2.45) is 0 Å². The topological polar surface area (TPSA) is 70.5 Å². The summed E-state index contributed by atoms with van der Waals surface area (Å²) >= 11 is 0. The van der Waals surface area contributed by atoms with Crippen LogP contribution in [0.5, 0.6) is 0 Å². The predicted molar refractivity (Wildman–Crippen MR) is 117 cm³/mol. The summed E-state index contributed by atoms with van der Waals surface area (Å²) < 4.78 is 10.2. The molecule has 0 fully saturated rings. The average Bonchev–Trinajstić information content (AvgIpc) is 3.05. The number of benzene rings is 2. The highest BCUT2D eigenvalue weighted by atomic mass is 16.5. The van der Waals surface area contributed by atoms with Crippen LogP contribution in [-0.2, 0) is 17.8 Å². The largest absolute Gasteiger partial charge is 0.379 e. The molecule has 0 aliphatic heterocycles. The van der Waals surface area contributed by atoms with E-state index in [4.69, 9.17) is 4.74 Å². The van der Waals surface area contributed by atoms with E-state index in [0.29, 0.717) is 42.8 Å². The smallest absolute Gasteiger partial charge is 0.352 e. The first-order valence-electron chi connectivity index (χ1n) is 10.2. The lowest BCUT2D eigenvalue weighted by Gasteiger charge is -2.11. The molecule has 0 radical (unpaired) electrons. The second kappa shape index (κ2) is 8.28. The van der Waals surface area contributed by atoms with Crippen molar-refractivity contribution in [3.63, 3.8) is 0 Å². The fourth-order valence-corrected chi connectivity index (χ4v) is 3.66. The van der Waals surface area contributed by atoms with Gasteiger partial charge in [-0.3, -0.25) is 9.36 Å². The number of aryl methyl sites for hydroxylation is 2. The summed E-state index contributed by atoms with van der Waals surface area (Å²) in [7, 11) is 0. The van der Waals surface area contributed by atoms with E-state index in [1.807, 2.05) is 57.2 Å². The Hall–Kier alpha value is -3.19. The molecule has 0 N–H and O–H groups in total. The first kappa shape index (κ1) is 20.1. The molecule has 156 valence electrons. The van der Waals surface area contributed by atoms with E-state index in [9.17, 15) is 9.59 Å². The van der Waals surface area contributed by atoms with E-state index in [-0.39, 0.29) is 17.4 Å². The van der Waals surface area contributed by atoms with Crippen molar-refractivity contribution in [2.75, 3.05) is 6.61 Å². The van der Waals surface area contributed by atoms with Crippen molar-refractivity contribution in [3.8, 4) is 0 Å². The van der Waals surface area contributed by atoms with Crippen molar-refractivity contribution in [1.82, 2.24) is 18.7 Å². The van der Waals surface area contributed by atoms with Crippen LogP contribution in [0.25, 0.3) is 16.7 Å². The van der Waals surface area contributed by atoms with Gasteiger partial charge in [0.25, 0.3) is 5.56 Å². The molecule has 0 aliphatic rings. The number of aromatic nitrogens is 4. The fraction of sp³-hybridized carbons (Fsp3) is 0.348. The molecule has 0 saturated heterocycles. The van der Waals surface area contributed by atoms with Crippen LogP contribution < -0.4 is 11.2 Å². The summed E-state index contributed by atoms with van der Waals surface area (Å²) in [4.78, 5) is 26.4. The molecule has 2 aromatic heterocycles. The Morgan fingerprint density at radius 1 is 1.03 bits per heavy atom. The van der Waals surface area contributed by atoms with E-state index in [1.165, 1.54) is 9.08 Å². The molecule has 2 aromatic carbocycles. The minimum atomic E-state index is -0.253. The SMILES string of the molecule is Cc1ccccc1Cn1nc2n(CCCOC(C)C)c(=O)c3ccccc3n2c1=O. The second-order valence-corrected chi connectivity index (χ2v) is 7.75. The zero-order chi connectivity index (χ0) is 21.3. The van der Waals surface area contributed by atoms with Gasteiger partial charge < -0.3 is 4.74 Å². The maximum Gasteiger partial charge on any atom is 0.352 e.